The Balaban J connectivity index is 1.90. The van der Waals surface area contributed by atoms with Gasteiger partial charge in [0.1, 0.15) is 0 Å². The van der Waals surface area contributed by atoms with Gasteiger partial charge < -0.3 is 4.74 Å². The van der Waals surface area contributed by atoms with Gasteiger partial charge in [-0.15, -0.1) is 11.8 Å². The Morgan fingerprint density at radius 1 is 1.33 bits per heavy atom. The average molecular weight is 313 g/mol. The van der Waals surface area contributed by atoms with E-state index in [-0.39, 0.29) is 41.4 Å². The normalized spacial score (nSPS) is 25.2. The van der Waals surface area contributed by atoms with Crippen LogP contribution in [-0.2, 0) is 19.1 Å². The summed E-state index contributed by atoms with van der Waals surface area (Å²) in [6.07, 6.45) is 5.54. The number of nitrogens with zero attached hydrogens (tertiary/aromatic N) is 1. The molecule has 2 aliphatic rings. The minimum atomic E-state index is -0.327. The molecule has 0 N–H and O–H groups in total. The number of carbonyl (C=O) groups is 3. The van der Waals surface area contributed by atoms with E-state index >= 15 is 0 Å². The smallest absolute Gasteiger partial charge is 0.309 e. The maximum absolute atomic E-state index is 12.4. The predicted molar refractivity (Wildman–Crippen MR) is 80.8 cm³/mol. The summed E-state index contributed by atoms with van der Waals surface area (Å²) in [5.41, 5.74) is 0. The largest absolute Gasteiger partial charge is 0.469 e. The molecule has 1 aliphatic heterocycles. The third-order valence-electron chi connectivity index (χ3n) is 4.23. The number of likely N-dealkylation sites (tertiary alicyclic amines) is 1. The van der Waals surface area contributed by atoms with E-state index in [0.29, 0.717) is 5.75 Å². The quantitative estimate of drug-likeness (QED) is 0.574. The van der Waals surface area contributed by atoms with Crippen LogP contribution in [0.2, 0.25) is 0 Å². The zero-order valence-electron chi connectivity index (χ0n) is 12.7. The monoisotopic (exact) mass is 313 g/mol. The van der Waals surface area contributed by atoms with Gasteiger partial charge >= 0.3 is 5.97 Å². The number of ether oxygens (including phenoxy) is 1. The van der Waals surface area contributed by atoms with Crippen LogP contribution in [0.4, 0.5) is 0 Å². The number of methoxy groups -OCH3 is 1. The first-order chi connectivity index (χ1) is 10.0. The Morgan fingerprint density at radius 3 is 2.62 bits per heavy atom. The Bertz CT molecular complexity index is 420. The molecule has 5 nitrogen and oxygen atoms in total. The molecule has 2 rings (SSSR count). The Morgan fingerprint density at radius 2 is 2.00 bits per heavy atom. The topological polar surface area (TPSA) is 63.7 Å². The Labute approximate surface area is 129 Å². The predicted octanol–water partition coefficient (Wildman–Crippen LogP) is 1.99. The van der Waals surface area contributed by atoms with Crippen LogP contribution in [0, 0.1) is 5.92 Å². The van der Waals surface area contributed by atoms with E-state index < -0.39 is 0 Å². The zero-order valence-corrected chi connectivity index (χ0v) is 13.5. The number of thioether (sulfide) groups is 1. The highest BCUT2D eigenvalue weighted by atomic mass is 32.2. The number of hydrogen-bond donors (Lipinski definition) is 0. The van der Waals surface area contributed by atoms with Crippen molar-refractivity contribution in [3.05, 3.63) is 0 Å². The summed E-state index contributed by atoms with van der Waals surface area (Å²) < 4.78 is 4.68. The molecular formula is C15H23NO4S. The highest BCUT2D eigenvalue weighted by Gasteiger charge is 2.42. The summed E-state index contributed by atoms with van der Waals surface area (Å²) in [7, 11) is 1.36. The van der Waals surface area contributed by atoms with E-state index in [4.69, 9.17) is 0 Å². The van der Waals surface area contributed by atoms with E-state index in [9.17, 15) is 14.4 Å². The van der Waals surface area contributed by atoms with Gasteiger partial charge in [-0.25, -0.2) is 0 Å². The molecule has 0 aromatic heterocycles. The lowest BCUT2D eigenvalue weighted by Gasteiger charge is -2.29. The summed E-state index contributed by atoms with van der Waals surface area (Å²) in [4.78, 5) is 37.4. The van der Waals surface area contributed by atoms with Crippen molar-refractivity contribution in [3.8, 4) is 0 Å². The molecule has 2 atom stereocenters. The van der Waals surface area contributed by atoms with Gasteiger partial charge in [0.15, 0.2) is 0 Å². The second-order valence-electron chi connectivity index (χ2n) is 5.84. The molecule has 1 heterocycles. The molecule has 0 aromatic rings. The molecule has 0 radical (unpaired) electrons. The van der Waals surface area contributed by atoms with Gasteiger partial charge in [0.25, 0.3) is 0 Å². The van der Waals surface area contributed by atoms with Crippen molar-refractivity contribution in [2.75, 3.05) is 12.9 Å². The minimum absolute atomic E-state index is 0.0462. The van der Waals surface area contributed by atoms with Crippen LogP contribution in [0.25, 0.3) is 0 Å². The van der Waals surface area contributed by atoms with Crippen LogP contribution in [0.3, 0.4) is 0 Å². The molecule has 21 heavy (non-hydrogen) atoms. The summed E-state index contributed by atoms with van der Waals surface area (Å²) in [6, 6.07) is 0.0994. The van der Waals surface area contributed by atoms with E-state index in [2.05, 4.69) is 4.74 Å². The fraction of sp³-hybridized carbons (Fsp3) is 0.800. The van der Waals surface area contributed by atoms with E-state index in [0.717, 1.165) is 25.7 Å². The van der Waals surface area contributed by atoms with E-state index in [1.807, 2.05) is 0 Å². The standard InChI is InChI=1S/C15H23NO4S/c1-10(15(19)20-2)9-21-12-8-13(17)16(14(12)18)11-6-4-3-5-7-11/h10-12H,3-9H2,1-2H3. The highest BCUT2D eigenvalue weighted by molar-refractivity contribution is 8.00. The van der Waals surface area contributed by atoms with Crippen LogP contribution >= 0.6 is 11.8 Å². The third-order valence-corrected chi connectivity index (χ3v) is 5.70. The van der Waals surface area contributed by atoms with Crippen molar-refractivity contribution in [3.63, 3.8) is 0 Å². The van der Waals surface area contributed by atoms with Gasteiger partial charge in [0.2, 0.25) is 11.8 Å². The second kappa shape index (κ2) is 7.29. The van der Waals surface area contributed by atoms with Gasteiger partial charge in [-0.1, -0.05) is 26.2 Å². The third kappa shape index (κ3) is 3.78. The van der Waals surface area contributed by atoms with E-state index in [1.165, 1.54) is 30.2 Å². The SMILES string of the molecule is COC(=O)C(C)CSC1CC(=O)N(C2CCCCC2)C1=O. The number of rotatable bonds is 5. The van der Waals surface area contributed by atoms with Gasteiger partial charge in [-0.3, -0.25) is 19.3 Å². The number of carbonyl (C=O) groups excluding carboxylic acids is 3. The fourth-order valence-electron chi connectivity index (χ4n) is 3.01. The molecule has 0 spiro atoms. The van der Waals surface area contributed by atoms with Crippen LogP contribution in [0.5, 0.6) is 0 Å². The number of esters is 1. The lowest BCUT2D eigenvalue weighted by Crippen LogP contribution is -2.41. The van der Waals surface area contributed by atoms with Crippen LogP contribution in [-0.4, -0.2) is 46.8 Å². The van der Waals surface area contributed by atoms with Crippen LogP contribution in [0.15, 0.2) is 0 Å². The van der Waals surface area contributed by atoms with E-state index in [1.54, 1.807) is 6.92 Å². The molecule has 1 aliphatic carbocycles. The summed E-state index contributed by atoms with van der Waals surface area (Å²) >= 11 is 1.40. The minimum Gasteiger partial charge on any atom is -0.469 e. The number of imide groups is 1. The van der Waals surface area contributed by atoms with Crippen molar-refractivity contribution in [2.24, 2.45) is 5.92 Å². The first-order valence-corrected chi connectivity index (χ1v) is 8.64. The van der Waals surface area contributed by atoms with Crippen molar-refractivity contribution < 1.29 is 19.1 Å². The van der Waals surface area contributed by atoms with Crippen LogP contribution < -0.4 is 0 Å². The van der Waals surface area contributed by atoms with Gasteiger partial charge in [0, 0.05) is 18.2 Å². The average Bonchev–Trinajstić information content (AvgIpc) is 2.79. The van der Waals surface area contributed by atoms with Crippen molar-refractivity contribution in [1.82, 2.24) is 4.90 Å². The maximum atomic E-state index is 12.4. The van der Waals surface area contributed by atoms with Crippen molar-refractivity contribution in [2.45, 2.75) is 56.7 Å². The molecule has 2 fully saturated rings. The summed E-state index contributed by atoms with van der Waals surface area (Å²) in [5, 5.41) is -0.327. The van der Waals surface area contributed by atoms with Gasteiger partial charge in [0.05, 0.1) is 18.3 Å². The molecular weight excluding hydrogens is 290 g/mol. The Hall–Kier alpha value is -1.04. The summed E-state index contributed by atoms with van der Waals surface area (Å²) in [6.45, 7) is 1.78. The van der Waals surface area contributed by atoms with Crippen molar-refractivity contribution >= 4 is 29.5 Å². The number of hydrogen-bond acceptors (Lipinski definition) is 5. The molecule has 0 aromatic carbocycles. The molecule has 1 saturated carbocycles. The van der Waals surface area contributed by atoms with Gasteiger partial charge in [-0.05, 0) is 12.8 Å². The highest BCUT2D eigenvalue weighted by Crippen LogP contribution is 2.32. The van der Waals surface area contributed by atoms with Crippen molar-refractivity contribution in [1.29, 1.82) is 0 Å². The first kappa shape index (κ1) is 16.3. The fourth-order valence-corrected chi connectivity index (χ4v) is 4.18. The molecule has 0 bridgehead atoms. The molecule has 118 valence electrons. The molecule has 2 unspecified atom stereocenters. The van der Waals surface area contributed by atoms with Crippen LogP contribution in [0.1, 0.15) is 45.4 Å². The second-order valence-corrected chi connectivity index (χ2v) is 7.08. The summed E-state index contributed by atoms with van der Waals surface area (Å²) in [5.74, 6) is -0.131. The maximum Gasteiger partial charge on any atom is 0.309 e. The zero-order chi connectivity index (χ0) is 15.4. The first-order valence-electron chi connectivity index (χ1n) is 7.60. The lowest BCUT2D eigenvalue weighted by molar-refractivity contribution is -0.144. The lowest BCUT2D eigenvalue weighted by atomic mass is 9.94. The molecule has 6 heteroatoms. The Kier molecular flexibility index (Phi) is 5.67. The molecule has 1 saturated heterocycles. The number of amides is 2. The molecule has 2 amide bonds. The van der Waals surface area contributed by atoms with Gasteiger partial charge in [-0.2, -0.15) is 0 Å².